The summed E-state index contributed by atoms with van der Waals surface area (Å²) in [6.07, 6.45) is 2.74. The van der Waals surface area contributed by atoms with Crippen LogP contribution in [0.3, 0.4) is 0 Å². The van der Waals surface area contributed by atoms with Gasteiger partial charge in [-0.2, -0.15) is 4.98 Å². The molecule has 0 saturated heterocycles. The number of thioether (sulfide) groups is 1. The fraction of sp³-hybridized carbons (Fsp3) is 0.400. The summed E-state index contributed by atoms with van der Waals surface area (Å²) in [6, 6.07) is 9.63. The molecule has 1 heterocycles. The van der Waals surface area contributed by atoms with E-state index in [1.54, 1.807) is 0 Å². The number of carboxylic acids is 1. The standard InChI is InChI=1S/C15H16N2O3S/c18-15(19)12(8-10-4-2-1-3-5-10)21-9-13-16-14(17-20-13)11-6-7-11/h1-5,11-12H,6-9H2,(H,18,19). The van der Waals surface area contributed by atoms with Crippen LogP contribution in [-0.4, -0.2) is 26.5 Å². The lowest BCUT2D eigenvalue weighted by Crippen LogP contribution is -2.19. The van der Waals surface area contributed by atoms with Gasteiger partial charge in [0.25, 0.3) is 0 Å². The van der Waals surface area contributed by atoms with E-state index in [2.05, 4.69) is 10.1 Å². The molecule has 5 nitrogen and oxygen atoms in total. The van der Waals surface area contributed by atoms with Crippen molar-refractivity contribution in [1.29, 1.82) is 0 Å². The van der Waals surface area contributed by atoms with E-state index in [0.29, 0.717) is 24.0 Å². The Morgan fingerprint density at radius 1 is 1.38 bits per heavy atom. The number of aromatic nitrogens is 2. The molecule has 1 saturated carbocycles. The lowest BCUT2D eigenvalue weighted by molar-refractivity contribution is -0.136. The molecule has 1 atom stereocenters. The summed E-state index contributed by atoms with van der Waals surface area (Å²) in [5, 5.41) is 12.8. The number of aliphatic carboxylic acids is 1. The summed E-state index contributed by atoms with van der Waals surface area (Å²) in [5.74, 6) is 1.35. The zero-order valence-corrected chi connectivity index (χ0v) is 12.3. The van der Waals surface area contributed by atoms with Crippen LogP contribution in [0.2, 0.25) is 0 Å². The topological polar surface area (TPSA) is 76.2 Å². The minimum absolute atomic E-state index is 0.434. The van der Waals surface area contributed by atoms with Crippen molar-refractivity contribution >= 4 is 17.7 Å². The van der Waals surface area contributed by atoms with Gasteiger partial charge < -0.3 is 9.63 Å². The second kappa shape index (κ2) is 6.30. The van der Waals surface area contributed by atoms with Gasteiger partial charge in [0.05, 0.1) is 5.75 Å². The number of hydrogen-bond acceptors (Lipinski definition) is 5. The number of carbonyl (C=O) groups is 1. The minimum Gasteiger partial charge on any atom is -0.480 e. The van der Waals surface area contributed by atoms with Crippen molar-refractivity contribution in [3.63, 3.8) is 0 Å². The molecule has 3 rings (SSSR count). The van der Waals surface area contributed by atoms with Crippen molar-refractivity contribution in [3.05, 3.63) is 47.6 Å². The molecule has 110 valence electrons. The van der Waals surface area contributed by atoms with E-state index < -0.39 is 11.2 Å². The molecule has 0 bridgehead atoms. The third-order valence-corrected chi connectivity index (χ3v) is 4.56. The Balaban J connectivity index is 1.58. The monoisotopic (exact) mass is 304 g/mol. The van der Waals surface area contributed by atoms with Crippen molar-refractivity contribution in [3.8, 4) is 0 Å². The SMILES string of the molecule is O=C(O)C(Cc1ccccc1)SCc1nc(C2CC2)no1. The van der Waals surface area contributed by atoms with Gasteiger partial charge in [-0.15, -0.1) is 11.8 Å². The molecular formula is C15H16N2O3S. The van der Waals surface area contributed by atoms with E-state index in [-0.39, 0.29) is 0 Å². The van der Waals surface area contributed by atoms with Crippen molar-refractivity contribution < 1.29 is 14.4 Å². The number of rotatable bonds is 7. The number of nitrogens with zero attached hydrogens (tertiary/aromatic N) is 2. The van der Waals surface area contributed by atoms with Crippen LogP contribution in [0.25, 0.3) is 0 Å². The first-order valence-corrected chi connectivity index (χ1v) is 7.98. The second-order valence-corrected chi connectivity index (χ2v) is 6.34. The molecule has 2 aromatic rings. The largest absolute Gasteiger partial charge is 0.480 e. The highest BCUT2D eigenvalue weighted by Gasteiger charge is 2.29. The van der Waals surface area contributed by atoms with E-state index in [1.807, 2.05) is 30.3 Å². The van der Waals surface area contributed by atoms with Crippen LogP contribution in [-0.2, 0) is 17.0 Å². The minimum atomic E-state index is -0.814. The number of hydrogen-bond donors (Lipinski definition) is 1. The zero-order chi connectivity index (χ0) is 14.7. The maximum atomic E-state index is 11.4. The highest BCUT2D eigenvalue weighted by Crippen LogP contribution is 2.38. The molecule has 1 aliphatic rings. The van der Waals surface area contributed by atoms with Crippen LogP contribution in [0.5, 0.6) is 0 Å². The molecule has 0 spiro atoms. The molecule has 1 fully saturated rings. The lowest BCUT2D eigenvalue weighted by Gasteiger charge is -2.10. The number of benzene rings is 1. The smallest absolute Gasteiger partial charge is 0.316 e. The highest BCUT2D eigenvalue weighted by atomic mass is 32.2. The van der Waals surface area contributed by atoms with Crippen molar-refractivity contribution in [2.75, 3.05) is 0 Å². The molecule has 1 aliphatic carbocycles. The van der Waals surface area contributed by atoms with Crippen LogP contribution in [0.1, 0.15) is 36.0 Å². The van der Waals surface area contributed by atoms with E-state index >= 15 is 0 Å². The van der Waals surface area contributed by atoms with Crippen LogP contribution in [0.15, 0.2) is 34.9 Å². The van der Waals surface area contributed by atoms with Crippen molar-refractivity contribution in [2.45, 2.75) is 36.2 Å². The Morgan fingerprint density at radius 2 is 2.14 bits per heavy atom. The summed E-state index contributed by atoms with van der Waals surface area (Å²) in [5.41, 5.74) is 1.02. The summed E-state index contributed by atoms with van der Waals surface area (Å²) < 4.78 is 5.17. The first kappa shape index (κ1) is 14.1. The summed E-state index contributed by atoms with van der Waals surface area (Å²) in [6.45, 7) is 0. The van der Waals surface area contributed by atoms with Crippen LogP contribution >= 0.6 is 11.8 Å². The Hall–Kier alpha value is -1.82. The fourth-order valence-corrected chi connectivity index (χ4v) is 2.97. The van der Waals surface area contributed by atoms with Crippen molar-refractivity contribution in [2.24, 2.45) is 0 Å². The van der Waals surface area contributed by atoms with Crippen LogP contribution in [0, 0.1) is 0 Å². The van der Waals surface area contributed by atoms with E-state index in [0.717, 1.165) is 24.2 Å². The van der Waals surface area contributed by atoms with E-state index in [4.69, 9.17) is 4.52 Å². The van der Waals surface area contributed by atoms with Gasteiger partial charge >= 0.3 is 5.97 Å². The quantitative estimate of drug-likeness (QED) is 0.847. The average Bonchev–Trinajstić information content (AvgIpc) is 3.23. The third-order valence-electron chi connectivity index (χ3n) is 3.37. The Kier molecular flexibility index (Phi) is 4.24. The second-order valence-electron chi connectivity index (χ2n) is 5.15. The predicted molar refractivity (Wildman–Crippen MR) is 79.1 cm³/mol. The molecule has 0 radical (unpaired) electrons. The molecular weight excluding hydrogens is 288 g/mol. The Bertz CT molecular complexity index is 610. The fourth-order valence-electron chi connectivity index (χ4n) is 2.05. The first-order valence-electron chi connectivity index (χ1n) is 6.93. The number of carboxylic acid groups (broad SMARTS) is 1. The molecule has 1 aromatic heterocycles. The van der Waals surface area contributed by atoms with Gasteiger partial charge in [0.1, 0.15) is 5.25 Å². The predicted octanol–water partition coefficient (Wildman–Crippen LogP) is 2.88. The first-order chi connectivity index (χ1) is 10.2. The maximum absolute atomic E-state index is 11.4. The molecule has 0 amide bonds. The van der Waals surface area contributed by atoms with Gasteiger partial charge in [-0.3, -0.25) is 4.79 Å². The molecule has 21 heavy (non-hydrogen) atoms. The average molecular weight is 304 g/mol. The van der Waals surface area contributed by atoms with Gasteiger partial charge in [0, 0.05) is 5.92 Å². The van der Waals surface area contributed by atoms with Gasteiger partial charge in [-0.05, 0) is 24.8 Å². The third kappa shape index (κ3) is 3.85. The maximum Gasteiger partial charge on any atom is 0.316 e. The Labute approximate surface area is 126 Å². The molecule has 1 unspecified atom stereocenters. The van der Waals surface area contributed by atoms with Gasteiger partial charge in [-0.1, -0.05) is 35.5 Å². The lowest BCUT2D eigenvalue weighted by atomic mass is 10.1. The zero-order valence-electron chi connectivity index (χ0n) is 11.4. The van der Waals surface area contributed by atoms with Crippen molar-refractivity contribution in [1.82, 2.24) is 10.1 Å². The molecule has 0 aliphatic heterocycles. The summed E-state index contributed by atoms with van der Waals surface area (Å²) in [7, 11) is 0. The van der Waals surface area contributed by atoms with E-state index in [1.165, 1.54) is 11.8 Å². The van der Waals surface area contributed by atoms with Crippen LogP contribution < -0.4 is 0 Å². The normalized spacial score (nSPS) is 15.8. The summed E-state index contributed by atoms with van der Waals surface area (Å²) in [4.78, 5) is 15.7. The van der Waals surface area contributed by atoms with Gasteiger partial charge in [-0.25, -0.2) is 0 Å². The highest BCUT2D eigenvalue weighted by molar-refractivity contribution is 7.99. The molecule has 1 N–H and O–H groups in total. The van der Waals surface area contributed by atoms with Gasteiger partial charge in [0.15, 0.2) is 5.82 Å². The molecule has 1 aromatic carbocycles. The van der Waals surface area contributed by atoms with E-state index in [9.17, 15) is 9.90 Å². The van der Waals surface area contributed by atoms with Crippen LogP contribution in [0.4, 0.5) is 0 Å². The Morgan fingerprint density at radius 3 is 2.81 bits per heavy atom. The van der Waals surface area contributed by atoms with Gasteiger partial charge in [0.2, 0.25) is 5.89 Å². The summed E-state index contributed by atoms with van der Waals surface area (Å²) >= 11 is 1.33. The molecule has 6 heteroatoms.